The normalized spacial score (nSPS) is 23.0. The van der Waals surface area contributed by atoms with Crippen molar-refractivity contribution in [2.24, 2.45) is 11.8 Å². The second-order valence-electron chi connectivity index (χ2n) is 5.76. The first-order valence-corrected chi connectivity index (χ1v) is 7.29. The average molecular weight is 260 g/mol. The first-order chi connectivity index (χ1) is 9.16. The van der Waals surface area contributed by atoms with Gasteiger partial charge in [0, 0.05) is 12.2 Å². The largest absolute Gasteiger partial charge is 0.398 e. The molecule has 0 saturated heterocycles. The van der Waals surface area contributed by atoms with Crippen LogP contribution in [0.5, 0.6) is 0 Å². The molecule has 1 aromatic carbocycles. The van der Waals surface area contributed by atoms with E-state index in [9.17, 15) is 4.79 Å². The molecule has 0 atom stereocenters. The number of hydrogen-bond acceptors (Lipinski definition) is 2. The first-order valence-electron chi connectivity index (χ1n) is 7.29. The Bertz CT molecular complexity index is 423. The molecule has 1 aromatic rings. The van der Waals surface area contributed by atoms with Gasteiger partial charge in [-0.05, 0) is 30.4 Å². The number of anilines is 1. The second-order valence-corrected chi connectivity index (χ2v) is 5.76. The van der Waals surface area contributed by atoms with E-state index >= 15 is 0 Å². The zero-order chi connectivity index (χ0) is 13.7. The van der Waals surface area contributed by atoms with Gasteiger partial charge in [-0.2, -0.15) is 0 Å². The minimum atomic E-state index is -0.0534. The van der Waals surface area contributed by atoms with Crippen molar-refractivity contribution in [1.29, 1.82) is 0 Å². The van der Waals surface area contributed by atoms with E-state index in [-0.39, 0.29) is 5.91 Å². The molecule has 1 aliphatic rings. The molecule has 0 spiro atoms. The van der Waals surface area contributed by atoms with E-state index in [2.05, 4.69) is 12.2 Å². The highest BCUT2D eigenvalue weighted by Crippen LogP contribution is 2.29. The predicted molar refractivity (Wildman–Crippen MR) is 78.9 cm³/mol. The van der Waals surface area contributed by atoms with Crippen molar-refractivity contribution < 1.29 is 4.79 Å². The summed E-state index contributed by atoms with van der Waals surface area (Å²) in [6, 6.07) is 7.22. The molecule has 0 aliphatic heterocycles. The molecule has 3 heteroatoms. The number of nitrogens with two attached hydrogens (primary N) is 1. The Morgan fingerprint density at radius 1 is 1.26 bits per heavy atom. The Morgan fingerprint density at radius 2 is 1.95 bits per heavy atom. The van der Waals surface area contributed by atoms with Crippen molar-refractivity contribution >= 4 is 11.6 Å². The van der Waals surface area contributed by atoms with E-state index in [1.165, 1.54) is 25.7 Å². The zero-order valence-electron chi connectivity index (χ0n) is 11.7. The highest BCUT2D eigenvalue weighted by Gasteiger charge is 2.18. The molecule has 1 aliphatic carbocycles. The van der Waals surface area contributed by atoms with E-state index in [4.69, 9.17) is 5.73 Å². The van der Waals surface area contributed by atoms with Crippen LogP contribution < -0.4 is 11.1 Å². The zero-order valence-corrected chi connectivity index (χ0v) is 11.7. The molecule has 0 heterocycles. The van der Waals surface area contributed by atoms with Gasteiger partial charge in [0.15, 0.2) is 0 Å². The summed E-state index contributed by atoms with van der Waals surface area (Å²) < 4.78 is 0. The maximum Gasteiger partial charge on any atom is 0.253 e. The van der Waals surface area contributed by atoms with Crippen LogP contribution in [0.2, 0.25) is 0 Å². The van der Waals surface area contributed by atoms with Crippen molar-refractivity contribution in [3.8, 4) is 0 Å². The van der Waals surface area contributed by atoms with Gasteiger partial charge >= 0.3 is 0 Å². The molecule has 0 bridgehead atoms. The fourth-order valence-electron chi connectivity index (χ4n) is 2.81. The fraction of sp³-hybridized carbons (Fsp3) is 0.562. The summed E-state index contributed by atoms with van der Waals surface area (Å²) >= 11 is 0. The molecule has 19 heavy (non-hydrogen) atoms. The predicted octanol–water partition coefficient (Wildman–Crippen LogP) is 3.22. The van der Waals surface area contributed by atoms with E-state index in [0.717, 1.165) is 24.8 Å². The summed E-state index contributed by atoms with van der Waals surface area (Å²) in [5.74, 6) is 1.61. The summed E-state index contributed by atoms with van der Waals surface area (Å²) in [6.07, 6.45) is 6.38. The Morgan fingerprint density at radius 3 is 2.63 bits per heavy atom. The van der Waals surface area contributed by atoms with Gasteiger partial charge in [0.05, 0.1) is 5.56 Å². The monoisotopic (exact) mass is 260 g/mol. The van der Waals surface area contributed by atoms with Gasteiger partial charge in [-0.15, -0.1) is 0 Å². The lowest BCUT2D eigenvalue weighted by Gasteiger charge is -2.26. The Kier molecular flexibility index (Phi) is 4.83. The number of carbonyl (C=O) groups is 1. The maximum atomic E-state index is 12.0. The van der Waals surface area contributed by atoms with Gasteiger partial charge in [-0.1, -0.05) is 44.7 Å². The number of amides is 1. The van der Waals surface area contributed by atoms with Crippen molar-refractivity contribution in [2.45, 2.75) is 39.0 Å². The number of nitrogens with one attached hydrogen (secondary N) is 1. The SMILES string of the molecule is CC1CCC(CCNC(=O)c2ccccc2N)CC1. The van der Waals surface area contributed by atoms with Crippen LogP contribution in [-0.4, -0.2) is 12.5 Å². The molecule has 0 radical (unpaired) electrons. The van der Waals surface area contributed by atoms with E-state index in [0.29, 0.717) is 11.3 Å². The summed E-state index contributed by atoms with van der Waals surface area (Å²) in [7, 11) is 0. The van der Waals surface area contributed by atoms with Crippen molar-refractivity contribution in [3.63, 3.8) is 0 Å². The molecule has 1 fully saturated rings. The summed E-state index contributed by atoms with van der Waals surface area (Å²) in [5, 5.41) is 2.98. The van der Waals surface area contributed by atoms with Crippen molar-refractivity contribution in [1.82, 2.24) is 5.32 Å². The van der Waals surface area contributed by atoms with Gasteiger partial charge in [0.1, 0.15) is 0 Å². The van der Waals surface area contributed by atoms with Crippen LogP contribution in [0.1, 0.15) is 49.4 Å². The Hall–Kier alpha value is -1.51. The van der Waals surface area contributed by atoms with Gasteiger partial charge in [0.2, 0.25) is 0 Å². The van der Waals surface area contributed by atoms with Crippen LogP contribution in [0.4, 0.5) is 5.69 Å². The molecular weight excluding hydrogens is 236 g/mol. The van der Waals surface area contributed by atoms with Gasteiger partial charge in [0.25, 0.3) is 5.91 Å². The van der Waals surface area contributed by atoms with Crippen LogP contribution in [-0.2, 0) is 0 Å². The standard InChI is InChI=1S/C16H24N2O/c1-12-6-8-13(9-7-12)10-11-18-16(19)14-4-2-3-5-15(14)17/h2-5,12-13H,6-11,17H2,1H3,(H,18,19). The molecule has 3 nitrogen and oxygen atoms in total. The Labute approximate surface area is 115 Å². The number of carbonyl (C=O) groups excluding carboxylic acids is 1. The fourth-order valence-corrected chi connectivity index (χ4v) is 2.81. The molecule has 1 amide bonds. The lowest BCUT2D eigenvalue weighted by Crippen LogP contribution is -2.27. The highest BCUT2D eigenvalue weighted by atomic mass is 16.1. The molecule has 0 aromatic heterocycles. The summed E-state index contributed by atoms with van der Waals surface area (Å²) in [5.41, 5.74) is 6.92. The number of hydrogen-bond donors (Lipinski definition) is 2. The number of benzene rings is 1. The Balaban J connectivity index is 1.74. The highest BCUT2D eigenvalue weighted by molar-refractivity contribution is 5.98. The van der Waals surface area contributed by atoms with Crippen LogP contribution in [0.3, 0.4) is 0 Å². The van der Waals surface area contributed by atoms with Crippen molar-refractivity contribution in [3.05, 3.63) is 29.8 Å². The third-order valence-corrected chi connectivity index (χ3v) is 4.18. The minimum Gasteiger partial charge on any atom is -0.398 e. The molecule has 104 valence electrons. The molecule has 0 unspecified atom stereocenters. The van der Waals surface area contributed by atoms with Crippen molar-refractivity contribution in [2.75, 3.05) is 12.3 Å². The minimum absolute atomic E-state index is 0.0534. The number of rotatable bonds is 4. The summed E-state index contributed by atoms with van der Waals surface area (Å²) in [6.45, 7) is 3.09. The van der Waals surface area contributed by atoms with Gasteiger partial charge < -0.3 is 11.1 Å². The smallest absolute Gasteiger partial charge is 0.253 e. The topological polar surface area (TPSA) is 55.1 Å². The van der Waals surface area contributed by atoms with Crippen LogP contribution >= 0.6 is 0 Å². The molecule has 3 N–H and O–H groups in total. The van der Waals surface area contributed by atoms with Crippen LogP contribution in [0, 0.1) is 11.8 Å². The quantitative estimate of drug-likeness (QED) is 0.817. The first kappa shape index (κ1) is 13.9. The van der Waals surface area contributed by atoms with Gasteiger partial charge in [-0.3, -0.25) is 4.79 Å². The lowest BCUT2D eigenvalue weighted by molar-refractivity contribution is 0.0950. The second kappa shape index (κ2) is 6.60. The number of nitrogen functional groups attached to an aromatic ring is 1. The number of para-hydroxylation sites is 1. The third kappa shape index (κ3) is 3.98. The maximum absolute atomic E-state index is 12.0. The molecular formula is C16H24N2O. The van der Waals surface area contributed by atoms with E-state index in [1.807, 2.05) is 12.1 Å². The van der Waals surface area contributed by atoms with Gasteiger partial charge in [-0.25, -0.2) is 0 Å². The third-order valence-electron chi connectivity index (χ3n) is 4.18. The van der Waals surface area contributed by atoms with Crippen LogP contribution in [0.15, 0.2) is 24.3 Å². The molecule has 1 saturated carbocycles. The average Bonchev–Trinajstić information content (AvgIpc) is 2.41. The van der Waals surface area contributed by atoms with E-state index in [1.54, 1.807) is 12.1 Å². The van der Waals surface area contributed by atoms with Crippen LogP contribution in [0.25, 0.3) is 0 Å². The summed E-state index contributed by atoms with van der Waals surface area (Å²) in [4.78, 5) is 12.0. The van der Waals surface area contributed by atoms with E-state index < -0.39 is 0 Å². The molecule has 2 rings (SSSR count). The lowest BCUT2D eigenvalue weighted by atomic mass is 9.81.